The molecule has 0 saturated carbocycles. The molecule has 1 aromatic carbocycles. The van der Waals surface area contributed by atoms with Crippen molar-refractivity contribution in [2.45, 2.75) is 39.5 Å². The van der Waals surface area contributed by atoms with E-state index in [1.807, 2.05) is 13.8 Å². The number of hydrogen-bond donors (Lipinski definition) is 2. The fourth-order valence-electron chi connectivity index (χ4n) is 1.85. The number of nitrogens with two attached hydrogens (primary N) is 1. The zero-order chi connectivity index (χ0) is 11.6. The topological polar surface area (TPSA) is 46.2 Å². The Labute approximate surface area is 92.1 Å². The Morgan fingerprint density at radius 1 is 1.20 bits per heavy atom. The number of rotatable bonds is 3. The minimum Gasteiger partial charge on any atom is -0.507 e. The van der Waals surface area contributed by atoms with Crippen molar-refractivity contribution in [3.05, 3.63) is 28.8 Å². The average molecular weight is 207 g/mol. The summed E-state index contributed by atoms with van der Waals surface area (Å²) in [6.07, 6.45) is 0.955. The first-order valence-corrected chi connectivity index (χ1v) is 5.39. The number of hydrogen-bond acceptors (Lipinski definition) is 2. The summed E-state index contributed by atoms with van der Waals surface area (Å²) in [7, 11) is 0. The molecule has 0 atom stereocenters. The maximum Gasteiger partial charge on any atom is 0.121 e. The summed E-state index contributed by atoms with van der Waals surface area (Å²) in [4.78, 5) is 0. The molecule has 0 unspecified atom stereocenters. The van der Waals surface area contributed by atoms with Gasteiger partial charge >= 0.3 is 0 Å². The molecule has 2 nitrogen and oxygen atoms in total. The lowest BCUT2D eigenvalue weighted by molar-refractivity contribution is 0.460. The molecule has 15 heavy (non-hydrogen) atoms. The van der Waals surface area contributed by atoms with Crippen LogP contribution < -0.4 is 5.73 Å². The van der Waals surface area contributed by atoms with Gasteiger partial charge in [0.2, 0.25) is 0 Å². The second-order valence-electron chi connectivity index (χ2n) is 4.88. The average Bonchev–Trinajstić information content (AvgIpc) is 2.13. The van der Waals surface area contributed by atoms with Gasteiger partial charge in [0.05, 0.1) is 0 Å². The van der Waals surface area contributed by atoms with Gasteiger partial charge in [0.1, 0.15) is 5.75 Å². The summed E-state index contributed by atoms with van der Waals surface area (Å²) in [5.41, 5.74) is 8.82. The Hall–Kier alpha value is -1.02. The maximum atomic E-state index is 9.70. The molecule has 3 N–H and O–H groups in total. The van der Waals surface area contributed by atoms with Gasteiger partial charge in [0, 0.05) is 0 Å². The van der Waals surface area contributed by atoms with E-state index in [0.29, 0.717) is 12.3 Å². The molecule has 2 heteroatoms. The van der Waals surface area contributed by atoms with E-state index in [0.717, 1.165) is 17.5 Å². The van der Waals surface area contributed by atoms with Crippen molar-refractivity contribution < 1.29 is 5.11 Å². The molecule has 0 bridgehead atoms. The van der Waals surface area contributed by atoms with Crippen molar-refractivity contribution in [2.24, 2.45) is 5.73 Å². The lowest BCUT2D eigenvalue weighted by Gasteiger charge is -2.25. The smallest absolute Gasteiger partial charge is 0.121 e. The standard InChI is InChI=1S/C13H21NO/c1-9-7-11(8-10(2)12(9)15)13(3,4)5-6-14/h7-8,15H,5-6,14H2,1-4H3. The number of aryl methyl sites for hydroxylation is 2. The molecule has 84 valence electrons. The molecule has 1 rings (SSSR count). The Kier molecular flexibility index (Phi) is 3.40. The van der Waals surface area contributed by atoms with E-state index >= 15 is 0 Å². The summed E-state index contributed by atoms with van der Waals surface area (Å²) in [5.74, 6) is 0.405. The summed E-state index contributed by atoms with van der Waals surface area (Å²) < 4.78 is 0. The van der Waals surface area contributed by atoms with Crippen molar-refractivity contribution in [3.63, 3.8) is 0 Å². The van der Waals surface area contributed by atoms with Crippen molar-refractivity contribution >= 4 is 0 Å². The van der Waals surface area contributed by atoms with Gasteiger partial charge in [-0.05, 0) is 48.9 Å². The van der Waals surface area contributed by atoms with Gasteiger partial charge in [0.25, 0.3) is 0 Å². The number of phenolic OH excluding ortho intramolecular Hbond substituents is 1. The fourth-order valence-corrected chi connectivity index (χ4v) is 1.85. The van der Waals surface area contributed by atoms with Gasteiger partial charge in [0.15, 0.2) is 0 Å². The summed E-state index contributed by atoms with van der Waals surface area (Å²) in [5, 5.41) is 9.70. The first kappa shape index (κ1) is 12.1. The van der Waals surface area contributed by atoms with Gasteiger partial charge in [-0.2, -0.15) is 0 Å². The third-order valence-electron chi connectivity index (χ3n) is 3.04. The predicted octanol–water partition coefficient (Wildman–Crippen LogP) is 2.64. The zero-order valence-corrected chi connectivity index (χ0v) is 10.1. The van der Waals surface area contributed by atoms with Crippen LogP contribution in [0.4, 0.5) is 0 Å². The Bertz CT molecular complexity index is 333. The summed E-state index contributed by atoms with van der Waals surface area (Å²) in [6, 6.07) is 4.11. The van der Waals surface area contributed by atoms with E-state index in [-0.39, 0.29) is 5.41 Å². The molecule has 0 aliphatic carbocycles. The van der Waals surface area contributed by atoms with E-state index in [9.17, 15) is 5.11 Å². The van der Waals surface area contributed by atoms with E-state index < -0.39 is 0 Å². The van der Waals surface area contributed by atoms with E-state index in [4.69, 9.17) is 5.73 Å². The SMILES string of the molecule is Cc1cc(C(C)(C)CCN)cc(C)c1O. The highest BCUT2D eigenvalue weighted by Crippen LogP contribution is 2.32. The van der Waals surface area contributed by atoms with Crippen molar-refractivity contribution in [1.29, 1.82) is 0 Å². The summed E-state index contributed by atoms with van der Waals surface area (Å²) in [6.45, 7) is 8.93. The maximum absolute atomic E-state index is 9.70. The van der Waals surface area contributed by atoms with Crippen LogP contribution in [0.5, 0.6) is 5.75 Å². The second kappa shape index (κ2) is 4.23. The number of phenols is 1. The molecule has 0 amide bonds. The Morgan fingerprint density at radius 3 is 2.07 bits per heavy atom. The minimum absolute atomic E-state index is 0.0813. The van der Waals surface area contributed by atoms with E-state index in [1.54, 1.807) is 0 Å². The van der Waals surface area contributed by atoms with Crippen molar-refractivity contribution in [2.75, 3.05) is 6.54 Å². The van der Waals surface area contributed by atoms with Gasteiger partial charge in [-0.1, -0.05) is 26.0 Å². The van der Waals surface area contributed by atoms with Gasteiger partial charge in [-0.15, -0.1) is 0 Å². The van der Waals surface area contributed by atoms with Crippen molar-refractivity contribution in [1.82, 2.24) is 0 Å². The molecular weight excluding hydrogens is 186 g/mol. The number of aromatic hydroxyl groups is 1. The highest BCUT2D eigenvalue weighted by molar-refractivity contribution is 5.44. The lowest BCUT2D eigenvalue weighted by atomic mass is 9.80. The highest BCUT2D eigenvalue weighted by Gasteiger charge is 2.20. The molecule has 0 heterocycles. The first-order valence-electron chi connectivity index (χ1n) is 5.39. The largest absolute Gasteiger partial charge is 0.507 e. The third kappa shape index (κ3) is 2.51. The predicted molar refractivity (Wildman–Crippen MR) is 64.3 cm³/mol. The van der Waals surface area contributed by atoms with Crippen LogP contribution in [0, 0.1) is 13.8 Å². The van der Waals surface area contributed by atoms with Crippen molar-refractivity contribution in [3.8, 4) is 5.75 Å². The zero-order valence-electron chi connectivity index (χ0n) is 10.1. The lowest BCUT2D eigenvalue weighted by Crippen LogP contribution is -2.21. The van der Waals surface area contributed by atoms with E-state index in [1.165, 1.54) is 5.56 Å². The second-order valence-corrected chi connectivity index (χ2v) is 4.88. The molecule has 0 fully saturated rings. The van der Waals surface area contributed by atoms with Crippen LogP contribution in [-0.2, 0) is 5.41 Å². The van der Waals surface area contributed by atoms with Crippen LogP contribution in [0.25, 0.3) is 0 Å². The third-order valence-corrected chi connectivity index (χ3v) is 3.04. The molecule has 0 spiro atoms. The van der Waals surface area contributed by atoms with E-state index in [2.05, 4.69) is 26.0 Å². The van der Waals surface area contributed by atoms with Crippen LogP contribution in [-0.4, -0.2) is 11.7 Å². The summed E-state index contributed by atoms with van der Waals surface area (Å²) >= 11 is 0. The van der Waals surface area contributed by atoms with Gasteiger partial charge < -0.3 is 10.8 Å². The normalized spacial score (nSPS) is 11.8. The molecule has 0 radical (unpaired) electrons. The monoisotopic (exact) mass is 207 g/mol. The van der Waals surface area contributed by atoms with Crippen LogP contribution in [0.3, 0.4) is 0 Å². The van der Waals surface area contributed by atoms with Crippen LogP contribution >= 0.6 is 0 Å². The molecule has 0 aliphatic heterocycles. The molecular formula is C13H21NO. The Morgan fingerprint density at radius 2 is 1.67 bits per heavy atom. The van der Waals surface area contributed by atoms with Gasteiger partial charge in [-0.25, -0.2) is 0 Å². The van der Waals surface area contributed by atoms with Crippen LogP contribution in [0.15, 0.2) is 12.1 Å². The first-order chi connectivity index (χ1) is 6.88. The molecule has 1 aromatic rings. The highest BCUT2D eigenvalue weighted by atomic mass is 16.3. The fraction of sp³-hybridized carbons (Fsp3) is 0.538. The Balaban J connectivity index is 3.16. The molecule has 0 aliphatic rings. The number of benzene rings is 1. The van der Waals surface area contributed by atoms with Gasteiger partial charge in [-0.3, -0.25) is 0 Å². The van der Waals surface area contributed by atoms with Crippen LogP contribution in [0.2, 0.25) is 0 Å². The molecule has 0 saturated heterocycles. The quantitative estimate of drug-likeness (QED) is 0.800. The van der Waals surface area contributed by atoms with Crippen LogP contribution in [0.1, 0.15) is 37.0 Å². The minimum atomic E-state index is 0.0813. The molecule has 0 aromatic heterocycles.